The van der Waals surface area contributed by atoms with Crippen LogP contribution in [0, 0.1) is 5.92 Å². The average molecular weight is 241 g/mol. The maximum atomic E-state index is 12.5. The minimum Gasteiger partial charge on any atom is -0.493 e. The Bertz CT molecular complexity index is 351. The summed E-state index contributed by atoms with van der Waals surface area (Å²) >= 11 is 0. The van der Waals surface area contributed by atoms with E-state index in [2.05, 4.69) is 5.32 Å². The number of hydrogen-bond donors (Lipinski definition) is 1. The van der Waals surface area contributed by atoms with Crippen LogP contribution < -0.4 is 10.1 Å². The summed E-state index contributed by atoms with van der Waals surface area (Å²) in [5, 5.41) is 3.28. The summed E-state index contributed by atoms with van der Waals surface area (Å²) < 4.78 is 30.5. The zero-order chi connectivity index (χ0) is 12.1. The average Bonchev–Trinajstić information content (AvgIpc) is 2.38. The lowest BCUT2D eigenvalue weighted by molar-refractivity contribution is 0.150. The largest absolute Gasteiger partial charge is 0.493 e. The van der Waals surface area contributed by atoms with Crippen LogP contribution in [0.4, 0.5) is 8.78 Å². The van der Waals surface area contributed by atoms with E-state index in [1.54, 1.807) is 12.1 Å². The standard InChI is InChI=1S/C13H17F2NO/c14-13(15)11-2-1-3-12(8-11)17-9-10-4-6-16-7-5-10/h1-3,8,10,13,16H,4-7,9H2. The van der Waals surface area contributed by atoms with Crippen molar-refractivity contribution in [1.82, 2.24) is 5.32 Å². The smallest absolute Gasteiger partial charge is 0.263 e. The molecule has 2 nitrogen and oxygen atoms in total. The molecular formula is C13H17F2NO. The maximum absolute atomic E-state index is 12.5. The molecule has 0 unspecified atom stereocenters. The van der Waals surface area contributed by atoms with Crippen LogP contribution >= 0.6 is 0 Å². The Labute approximate surface area is 100.0 Å². The van der Waals surface area contributed by atoms with Gasteiger partial charge < -0.3 is 10.1 Å². The molecule has 2 rings (SSSR count). The Kier molecular flexibility index (Phi) is 4.31. The van der Waals surface area contributed by atoms with E-state index in [1.807, 2.05) is 0 Å². The van der Waals surface area contributed by atoms with Crippen LogP contribution in [-0.2, 0) is 0 Å². The van der Waals surface area contributed by atoms with E-state index < -0.39 is 6.43 Å². The second-order valence-corrected chi connectivity index (χ2v) is 4.38. The first-order chi connectivity index (χ1) is 8.25. The molecule has 1 heterocycles. The summed E-state index contributed by atoms with van der Waals surface area (Å²) in [6, 6.07) is 6.18. The van der Waals surface area contributed by atoms with Crippen molar-refractivity contribution in [2.24, 2.45) is 5.92 Å². The highest BCUT2D eigenvalue weighted by molar-refractivity contribution is 5.29. The number of piperidine rings is 1. The predicted octanol–water partition coefficient (Wildman–Crippen LogP) is 3.00. The monoisotopic (exact) mass is 241 g/mol. The number of benzene rings is 1. The Morgan fingerprint density at radius 2 is 2.06 bits per heavy atom. The topological polar surface area (TPSA) is 21.3 Å². The van der Waals surface area contributed by atoms with Crippen LogP contribution in [0.1, 0.15) is 24.8 Å². The molecule has 0 amide bonds. The fraction of sp³-hybridized carbons (Fsp3) is 0.538. The number of alkyl halides is 2. The highest BCUT2D eigenvalue weighted by Gasteiger charge is 2.14. The molecule has 0 atom stereocenters. The fourth-order valence-corrected chi connectivity index (χ4v) is 2.00. The third-order valence-corrected chi connectivity index (χ3v) is 3.05. The number of halogens is 2. The SMILES string of the molecule is FC(F)c1cccc(OCC2CCNCC2)c1. The molecule has 1 aromatic carbocycles. The molecule has 1 aromatic rings. The number of hydrogen-bond acceptors (Lipinski definition) is 2. The zero-order valence-electron chi connectivity index (χ0n) is 9.66. The molecule has 17 heavy (non-hydrogen) atoms. The molecule has 94 valence electrons. The van der Waals surface area contributed by atoms with Gasteiger partial charge >= 0.3 is 0 Å². The number of ether oxygens (including phenoxy) is 1. The van der Waals surface area contributed by atoms with Crippen molar-refractivity contribution in [2.45, 2.75) is 19.3 Å². The van der Waals surface area contributed by atoms with E-state index in [1.165, 1.54) is 12.1 Å². The van der Waals surface area contributed by atoms with Gasteiger partial charge in [0, 0.05) is 5.56 Å². The zero-order valence-corrected chi connectivity index (χ0v) is 9.66. The van der Waals surface area contributed by atoms with Gasteiger partial charge in [0.15, 0.2) is 0 Å². The summed E-state index contributed by atoms with van der Waals surface area (Å²) in [5.74, 6) is 1.08. The van der Waals surface area contributed by atoms with Crippen LogP contribution in [0.25, 0.3) is 0 Å². The summed E-state index contributed by atoms with van der Waals surface area (Å²) in [5.41, 5.74) is 0.0211. The number of rotatable bonds is 4. The fourth-order valence-electron chi connectivity index (χ4n) is 2.00. The lowest BCUT2D eigenvalue weighted by Crippen LogP contribution is -2.30. The van der Waals surface area contributed by atoms with Gasteiger partial charge in [-0.2, -0.15) is 0 Å². The third-order valence-electron chi connectivity index (χ3n) is 3.05. The first-order valence-electron chi connectivity index (χ1n) is 5.97. The van der Waals surface area contributed by atoms with Crippen molar-refractivity contribution in [1.29, 1.82) is 0 Å². The van der Waals surface area contributed by atoms with Crippen molar-refractivity contribution >= 4 is 0 Å². The van der Waals surface area contributed by atoms with Crippen LogP contribution in [-0.4, -0.2) is 19.7 Å². The molecular weight excluding hydrogens is 224 g/mol. The summed E-state index contributed by atoms with van der Waals surface area (Å²) in [4.78, 5) is 0. The quantitative estimate of drug-likeness (QED) is 0.875. The lowest BCUT2D eigenvalue weighted by atomic mass is 9.99. The Morgan fingerprint density at radius 1 is 1.29 bits per heavy atom. The second kappa shape index (κ2) is 5.96. The molecule has 1 N–H and O–H groups in total. The van der Waals surface area contributed by atoms with Gasteiger partial charge in [-0.1, -0.05) is 12.1 Å². The van der Waals surface area contributed by atoms with Crippen LogP contribution in [0.2, 0.25) is 0 Å². The predicted molar refractivity (Wildman–Crippen MR) is 62.5 cm³/mol. The van der Waals surface area contributed by atoms with Gasteiger partial charge in [-0.15, -0.1) is 0 Å². The van der Waals surface area contributed by atoms with Gasteiger partial charge in [0.25, 0.3) is 6.43 Å². The van der Waals surface area contributed by atoms with E-state index in [0.29, 0.717) is 18.3 Å². The molecule has 1 saturated heterocycles. The lowest BCUT2D eigenvalue weighted by Gasteiger charge is -2.22. The summed E-state index contributed by atoms with van der Waals surface area (Å²) in [7, 11) is 0. The molecule has 0 spiro atoms. The summed E-state index contributed by atoms with van der Waals surface area (Å²) in [6.07, 6.45) is -0.249. The van der Waals surface area contributed by atoms with Crippen LogP contribution in [0.15, 0.2) is 24.3 Å². The third kappa shape index (κ3) is 3.66. The van der Waals surface area contributed by atoms with Gasteiger partial charge in [-0.05, 0) is 44.0 Å². The number of nitrogens with one attached hydrogen (secondary N) is 1. The van der Waals surface area contributed by atoms with Crippen molar-refractivity contribution in [3.8, 4) is 5.75 Å². The Morgan fingerprint density at radius 3 is 2.76 bits per heavy atom. The highest BCUT2D eigenvalue weighted by atomic mass is 19.3. The molecule has 1 aliphatic rings. The Balaban J connectivity index is 1.87. The summed E-state index contributed by atoms with van der Waals surface area (Å²) in [6.45, 7) is 2.66. The Hall–Kier alpha value is -1.16. The normalized spacial score (nSPS) is 17.4. The molecule has 1 fully saturated rings. The van der Waals surface area contributed by atoms with E-state index in [-0.39, 0.29) is 5.56 Å². The van der Waals surface area contributed by atoms with E-state index in [0.717, 1.165) is 25.9 Å². The molecule has 0 aromatic heterocycles. The van der Waals surface area contributed by atoms with Crippen LogP contribution in [0.5, 0.6) is 5.75 Å². The van der Waals surface area contributed by atoms with E-state index in [4.69, 9.17) is 4.74 Å². The molecule has 0 bridgehead atoms. The molecule has 0 aliphatic carbocycles. The van der Waals surface area contributed by atoms with E-state index in [9.17, 15) is 8.78 Å². The molecule has 0 saturated carbocycles. The first-order valence-corrected chi connectivity index (χ1v) is 5.97. The highest BCUT2D eigenvalue weighted by Crippen LogP contribution is 2.23. The molecule has 4 heteroatoms. The van der Waals surface area contributed by atoms with Gasteiger partial charge in [0.1, 0.15) is 5.75 Å². The van der Waals surface area contributed by atoms with Gasteiger partial charge in [0.05, 0.1) is 6.61 Å². The first kappa shape index (κ1) is 12.3. The van der Waals surface area contributed by atoms with Crippen molar-refractivity contribution < 1.29 is 13.5 Å². The van der Waals surface area contributed by atoms with Crippen molar-refractivity contribution in [3.05, 3.63) is 29.8 Å². The molecule has 0 radical (unpaired) electrons. The minimum atomic E-state index is -2.43. The van der Waals surface area contributed by atoms with Crippen molar-refractivity contribution in [2.75, 3.05) is 19.7 Å². The molecule has 1 aliphatic heterocycles. The van der Waals surface area contributed by atoms with Gasteiger partial charge in [-0.3, -0.25) is 0 Å². The van der Waals surface area contributed by atoms with Crippen LogP contribution in [0.3, 0.4) is 0 Å². The minimum absolute atomic E-state index is 0.0211. The van der Waals surface area contributed by atoms with Crippen molar-refractivity contribution in [3.63, 3.8) is 0 Å². The second-order valence-electron chi connectivity index (χ2n) is 4.38. The van der Waals surface area contributed by atoms with Gasteiger partial charge in [0.2, 0.25) is 0 Å². The maximum Gasteiger partial charge on any atom is 0.263 e. The van der Waals surface area contributed by atoms with E-state index >= 15 is 0 Å². The van der Waals surface area contributed by atoms with Gasteiger partial charge in [-0.25, -0.2) is 8.78 Å².